The second kappa shape index (κ2) is 10.5. The minimum atomic E-state index is -0.614. The predicted molar refractivity (Wildman–Crippen MR) is 105 cm³/mol. The van der Waals surface area contributed by atoms with Crippen molar-refractivity contribution >= 4 is 35.0 Å². The van der Waals surface area contributed by atoms with E-state index in [-0.39, 0.29) is 35.3 Å². The van der Waals surface area contributed by atoms with Crippen LogP contribution in [0.5, 0.6) is 0 Å². The summed E-state index contributed by atoms with van der Waals surface area (Å²) in [6.45, 7) is 9.06. The lowest BCUT2D eigenvalue weighted by molar-refractivity contribution is -0.109. The largest absolute Gasteiger partial charge is 0.457 e. The zero-order valence-electron chi connectivity index (χ0n) is 15.5. The third-order valence-corrected chi connectivity index (χ3v) is 4.76. The van der Waals surface area contributed by atoms with Gasteiger partial charge in [0.25, 0.3) is 0 Å². The van der Waals surface area contributed by atoms with E-state index in [4.69, 9.17) is 14.0 Å². The van der Waals surface area contributed by atoms with Crippen molar-refractivity contribution in [3.63, 3.8) is 0 Å². The van der Waals surface area contributed by atoms with Gasteiger partial charge in [0.05, 0.1) is 6.04 Å². The lowest BCUT2D eigenvalue weighted by Crippen LogP contribution is -2.35. The number of carbonyl (C=O) groups excluding carboxylic acids is 3. The highest BCUT2D eigenvalue weighted by Crippen LogP contribution is 2.29. The number of ether oxygens (including phenoxy) is 2. The Hall–Kier alpha value is -2.81. The minimum absolute atomic E-state index is 0.00745. The van der Waals surface area contributed by atoms with Gasteiger partial charge in [0.2, 0.25) is 0 Å². The van der Waals surface area contributed by atoms with E-state index in [1.807, 2.05) is 0 Å². The Bertz CT molecular complexity index is 772. The monoisotopic (exact) mass is 406 g/mol. The van der Waals surface area contributed by atoms with Crippen LogP contribution in [0.15, 0.2) is 42.0 Å². The van der Waals surface area contributed by atoms with Gasteiger partial charge in [-0.05, 0) is 12.5 Å². The molecule has 0 spiro atoms. The van der Waals surface area contributed by atoms with Gasteiger partial charge >= 0.3 is 12.1 Å². The van der Waals surface area contributed by atoms with Crippen molar-refractivity contribution in [2.45, 2.75) is 24.6 Å². The zero-order chi connectivity index (χ0) is 20.5. The standard InChI is InChI=1S/C19H22N2O6S/c1-4-8-25-18(23)17-11-15(27-20-17)7-6-14-10-16(28-13(3)22)12-21(14)19(24)26-9-5-2/h4-7,11,14,16H,1-2,8-10,12H2,3H3/b7-6+/t14-,16+/m1/s1. The van der Waals surface area contributed by atoms with Gasteiger partial charge in [-0.15, -0.1) is 0 Å². The molecule has 8 nitrogen and oxygen atoms in total. The fourth-order valence-corrected chi connectivity index (χ4v) is 3.63. The molecule has 28 heavy (non-hydrogen) atoms. The van der Waals surface area contributed by atoms with Gasteiger partial charge in [0.1, 0.15) is 13.2 Å². The van der Waals surface area contributed by atoms with E-state index < -0.39 is 12.1 Å². The number of nitrogens with zero attached hydrogens (tertiary/aromatic N) is 2. The van der Waals surface area contributed by atoms with Crippen molar-refractivity contribution in [1.29, 1.82) is 0 Å². The molecule has 0 radical (unpaired) electrons. The predicted octanol–water partition coefficient (Wildman–Crippen LogP) is 3.08. The molecule has 2 rings (SSSR count). The Morgan fingerprint density at radius 2 is 2.04 bits per heavy atom. The molecular formula is C19H22N2O6S. The van der Waals surface area contributed by atoms with E-state index in [2.05, 4.69) is 18.3 Å². The SMILES string of the molecule is C=CCOC(=O)c1cc(/C=C/[C@@H]2C[C@H](SC(C)=O)CN2C(=O)OCC=C)on1. The molecule has 1 amide bonds. The summed E-state index contributed by atoms with van der Waals surface area (Å²) >= 11 is 1.20. The number of hydrogen-bond acceptors (Lipinski definition) is 8. The maximum atomic E-state index is 12.3. The first-order chi connectivity index (χ1) is 13.4. The third-order valence-electron chi connectivity index (χ3n) is 3.75. The van der Waals surface area contributed by atoms with Gasteiger partial charge in [0.15, 0.2) is 16.6 Å². The molecule has 1 aromatic heterocycles. The van der Waals surface area contributed by atoms with Gasteiger partial charge in [0, 0.05) is 24.8 Å². The smallest absolute Gasteiger partial charge is 0.410 e. The zero-order valence-corrected chi connectivity index (χ0v) is 16.4. The Labute approximate surface area is 167 Å². The molecular weight excluding hydrogens is 384 g/mol. The number of hydrogen-bond donors (Lipinski definition) is 0. The maximum Gasteiger partial charge on any atom is 0.410 e. The van der Waals surface area contributed by atoms with Crippen molar-refractivity contribution in [1.82, 2.24) is 10.1 Å². The first-order valence-electron chi connectivity index (χ1n) is 8.59. The van der Waals surface area contributed by atoms with Gasteiger partial charge in [-0.1, -0.05) is 48.3 Å². The van der Waals surface area contributed by atoms with Crippen molar-refractivity contribution < 1.29 is 28.4 Å². The van der Waals surface area contributed by atoms with Gasteiger partial charge in [-0.25, -0.2) is 9.59 Å². The summed E-state index contributed by atoms with van der Waals surface area (Å²) in [5.41, 5.74) is 0.0418. The Morgan fingerprint density at radius 3 is 2.71 bits per heavy atom. The molecule has 1 saturated heterocycles. The quantitative estimate of drug-likeness (QED) is 0.480. The fraction of sp³-hybridized carbons (Fsp3) is 0.368. The van der Waals surface area contributed by atoms with Crippen molar-refractivity contribution in [3.05, 3.63) is 48.9 Å². The van der Waals surface area contributed by atoms with Gasteiger partial charge in [-0.3, -0.25) is 4.79 Å². The van der Waals surface area contributed by atoms with E-state index in [9.17, 15) is 14.4 Å². The molecule has 2 atom stereocenters. The van der Waals surface area contributed by atoms with Crippen molar-refractivity contribution in [2.24, 2.45) is 0 Å². The molecule has 1 aliphatic rings. The third kappa shape index (κ3) is 6.12. The van der Waals surface area contributed by atoms with E-state index in [0.29, 0.717) is 18.7 Å². The molecule has 1 aliphatic heterocycles. The van der Waals surface area contributed by atoms with Crippen LogP contribution in [-0.2, 0) is 14.3 Å². The molecule has 2 heterocycles. The second-order valence-corrected chi connectivity index (χ2v) is 7.39. The average molecular weight is 406 g/mol. The van der Waals surface area contributed by atoms with Crippen LogP contribution in [0.4, 0.5) is 4.79 Å². The van der Waals surface area contributed by atoms with Crippen LogP contribution in [-0.4, -0.2) is 58.3 Å². The summed E-state index contributed by atoms with van der Waals surface area (Å²) in [5.74, 6) is -0.274. The molecule has 150 valence electrons. The molecule has 0 aromatic carbocycles. The summed E-state index contributed by atoms with van der Waals surface area (Å²) in [7, 11) is 0. The summed E-state index contributed by atoms with van der Waals surface area (Å²) in [4.78, 5) is 37.0. The molecule has 0 unspecified atom stereocenters. The molecule has 0 N–H and O–H groups in total. The summed E-state index contributed by atoms with van der Waals surface area (Å²) in [6.07, 6.45) is 6.43. The van der Waals surface area contributed by atoms with E-state index >= 15 is 0 Å². The Kier molecular flexibility index (Phi) is 8.06. The number of rotatable bonds is 8. The maximum absolute atomic E-state index is 12.3. The van der Waals surface area contributed by atoms with Crippen molar-refractivity contribution in [2.75, 3.05) is 19.8 Å². The summed E-state index contributed by atoms with van der Waals surface area (Å²) < 4.78 is 15.1. The summed E-state index contributed by atoms with van der Waals surface area (Å²) in [6, 6.07) is 1.16. The average Bonchev–Trinajstić information content (AvgIpc) is 3.29. The van der Waals surface area contributed by atoms with E-state index in [0.717, 1.165) is 0 Å². The molecule has 9 heteroatoms. The number of carbonyl (C=O) groups is 3. The lowest BCUT2D eigenvalue weighted by Gasteiger charge is -2.21. The fourth-order valence-electron chi connectivity index (χ4n) is 2.63. The Morgan fingerprint density at radius 1 is 1.32 bits per heavy atom. The van der Waals surface area contributed by atoms with Gasteiger partial charge < -0.3 is 18.9 Å². The second-order valence-electron chi connectivity index (χ2n) is 5.91. The number of amides is 1. The van der Waals surface area contributed by atoms with Crippen LogP contribution in [0.3, 0.4) is 0 Å². The minimum Gasteiger partial charge on any atom is -0.457 e. The van der Waals surface area contributed by atoms with E-state index in [1.54, 1.807) is 17.1 Å². The topological polar surface area (TPSA) is 98.9 Å². The van der Waals surface area contributed by atoms with Crippen LogP contribution in [0, 0.1) is 0 Å². The highest BCUT2D eigenvalue weighted by molar-refractivity contribution is 8.14. The Balaban J connectivity index is 2.07. The number of likely N-dealkylation sites (tertiary alicyclic amines) is 1. The molecule has 0 aliphatic carbocycles. The van der Waals surface area contributed by atoms with Crippen LogP contribution in [0.25, 0.3) is 6.08 Å². The number of esters is 1. The van der Waals surface area contributed by atoms with Crippen molar-refractivity contribution in [3.8, 4) is 0 Å². The lowest BCUT2D eigenvalue weighted by atomic mass is 10.2. The van der Waals surface area contributed by atoms with Crippen LogP contribution < -0.4 is 0 Å². The molecule has 1 aromatic rings. The highest BCUT2D eigenvalue weighted by Gasteiger charge is 2.35. The normalized spacial score (nSPS) is 18.8. The van der Waals surface area contributed by atoms with Crippen LogP contribution in [0.2, 0.25) is 0 Å². The molecule has 1 fully saturated rings. The molecule has 0 bridgehead atoms. The van der Waals surface area contributed by atoms with Crippen LogP contribution >= 0.6 is 11.8 Å². The highest BCUT2D eigenvalue weighted by atomic mass is 32.2. The first kappa shape index (κ1) is 21.5. The number of thioether (sulfide) groups is 1. The van der Waals surface area contributed by atoms with E-state index in [1.165, 1.54) is 36.9 Å². The first-order valence-corrected chi connectivity index (χ1v) is 9.47. The van der Waals surface area contributed by atoms with Gasteiger partial charge in [-0.2, -0.15) is 0 Å². The van der Waals surface area contributed by atoms with Crippen LogP contribution in [0.1, 0.15) is 29.6 Å². The summed E-state index contributed by atoms with van der Waals surface area (Å²) in [5, 5.41) is 3.63. The molecule has 0 saturated carbocycles. The number of aromatic nitrogens is 1.